The molecule has 0 radical (unpaired) electrons. The number of amides is 1. The van der Waals surface area contributed by atoms with E-state index >= 15 is 0 Å². The molecule has 0 unspecified atom stereocenters. The monoisotopic (exact) mass is 335 g/mol. The molecule has 0 spiro atoms. The van der Waals surface area contributed by atoms with Gasteiger partial charge in [-0.3, -0.25) is 0 Å². The van der Waals surface area contributed by atoms with Crippen molar-refractivity contribution in [1.82, 2.24) is 4.90 Å². The van der Waals surface area contributed by atoms with Crippen LogP contribution in [-0.2, 0) is 11.2 Å². The van der Waals surface area contributed by atoms with Crippen molar-refractivity contribution in [3.05, 3.63) is 29.8 Å². The quantitative estimate of drug-likeness (QED) is 0.897. The topological polar surface area (TPSA) is 59.0 Å². The van der Waals surface area contributed by atoms with Gasteiger partial charge in [-0.15, -0.1) is 0 Å². The molecule has 1 aliphatic rings. The van der Waals surface area contributed by atoms with Crippen LogP contribution in [0.3, 0.4) is 0 Å². The SMILES string of the molecule is CCOc1ccc(C[C@@H]2C[C@@H](CO)N(C(=O)OC(C)(C)C)C2)cc1. The fourth-order valence-electron chi connectivity index (χ4n) is 3.10. The summed E-state index contributed by atoms with van der Waals surface area (Å²) in [4.78, 5) is 14.0. The van der Waals surface area contributed by atoms with E-state index < -0.39 is 5.60 Å². The third kappa shape index (κ3) is 5.13. The van der Waals surface area contributed by atoms with Gasteiger partial charge in [0, 0.05) is 6.54 Å². The number of hydrogen-bond acceptors (Lipinski definition) is 4. The van der Waals surface area contributed by atoms with Crippen LogP contribution < -0.4 is 4.74 Å². The molecule has 0 saturated carbocycles. The summed E-state index contributed by atoms with van der Waals surface area (Å²) in [6.45, 7) is 8.77. The third-order valence-electron chi connectivity index (χ3n) is 4.10. The van der Waals surface area contributed by atoms with Crippen LogP contribution in [-0.4, -0.2) is 47.5 Å². The zero-order chi connectivity index (χ0) is 17.7. The van der Waals surface area contributed by atoms with Gasteiger partial charge in [0.1, 0.15) is 11.4 Å². The van der Waals surface area contributed by atoms with E-state index in [-0.39, 0.29) is 18.7 Å². The van der Waals surface area contributed by atoms with Gasteiger partial charge in [0.25, 0.3) is 0 Å². The van der Waals surface area contributed by atoms with Crippen LogP contribution in [0, 0.1) is 5.92 Å². The smallest absolute Gasteiger partial charge is 0.410 e. The molecule has 1 aromatic rings. The highest BCUT2D eigenvalue weighted by atomic mass is 16.6. The minimum absolute atomic E-state index is 0.0287. The van der Waals surface area contributed by atoms with Crippen molar-refractivity contribution in [2.24, 2.45) is 5.92 Å². The number of rotatable bonds is 5. The minimum atomic E-state index is -0.524. The first-order valence-corrected chi connectivity index (χ1v) is 8.64. The Balaban J connectivity index is 1.96. The molecule has 0 aromatic heterocycles. The Labute approximate surface area is 144 Å². The molecule has 5 nitrogen and oxygen atoms in total. The Hall–Kier alpha value is -1.75. The van der Waals surface area contributed by atoms with Crippen molar-refractivity contribution in [3.8, 4) is 5.75 Å². The lowest BCUT2D eigenvalue weighted by Gasteiger charge is -2.27. The second-order valence-electron chi connectivity index (χ2n) is 7.35. The first kappa shape index (κ1) is 18.6. The van der Waals surface area contributed by atoms with Gasteiger partial charge in [0.2, 0.25) is 0 Å². The number of likely N-dealkylation sites (tertiary alicyclic amines) is 1. The summed E-state index contributed by atoms with van der Waals surface area (Å²) in [5.74, 6) is 1.20. The second-order valence-corrected chi connectivity index (χ2v) is 7.35. The van der Waals surface area contributed by atoms with Gasteiger partial charge in [-0.05, 0) is 64.2 Å². The Morgan fingerprint density at radius 3 is 2.50 bits per heavy atom. The fraction of sp³-hybridized carbons (Fsp3) is 0.632. The van der Waals surface area contributed by atoms with Crippen LogP contribution in [0.15, 0.2) is 24.3 Å². The molecular weight excluding hydrogens is 306 g/mol. The Bertz CT molecular complexity index is 535. The van der Waals surface area contributed by atoms with Crippen molar-refractivity contribution >= 4 is 6.09 Å². The zero-order valence-electron chi connectivity index (χ0n) is 15.1. The second kappa shape index (κ2) is 7.88. The van der Waals surface area contributed by atoms with Gasteiger partial charge < -0.3 is 19.5 Å². The highest BCUT2D eigenvalue weighted by Gasteiger charge is 2.37. The van der Waals surface area contributed by atoms with Crippen LogP contribution >= 0.6 is 0 Å². The lowest BCUT2D eigenvalue weighted by atomic mass is 9.97. The Kier molecular flexibility index (Phi) is 6.10. The van der Waals surface area contributed by atoms with E-state index in [2.05, 4.69) is 12.1 Å². The van der Waals surface area contributed by atoms with Crippen LogP contribution in [0.2, 0.25) is 0 Å². The first-order valence-electron chi connectivity index (χ1n) is 8.64. The van der Waals surface area contributed by atoms with E-state index in [0.29, 0.717) is 19.1 Å². The van der Waals surface area contributed by atoms with E-state index in [9.17, 15) is 9.90 Å². The van der Waals surface area contributed by atoms with Crippen LogP contribution in [0.5, 0.6) is 5.75 Å². The average Bonchev–Trinajstić information content (AvgIpc) is 2.91. The van der Waals surface area contributed by atoms with Crippen molar-refractivity contribution in [2.75, 3.05) is 19.8 Å². The predicted octanol–water partition coefficient (Wildman–Crippen LogP) is 3.25. The molecule has 2 atom stereocenters. The summed E-state index contributed by atoms with van der Waals surface area (Å²) in [6, 6.07) is 7.92. The highest BCUT2D eigenvalue weighted by molar-refractivity contribution is 5.69. The largest absolute Gasteiger partial charge is 0.494 e. The molecule has 0 aliphatic carbocycles. The molecule has 24 heavy (non-hydrogen) atoms. The van der Waals surface area contributed by atoms with Gasteiger partial charge in [0.15, 0.2) is 0 Å². The average molecular weight is 335 g/mol. The maximum atomic E-state index is 12.3. The molecule has 5 heteroatoms. The van der Waals surface area contributed by atoms with Gasteiger partial charge in [-0.25, -0.2) is 4.79 Å². The fourth-order valence-corrected chi connectivity index (χ4v) is 3.10. The Morgan fingerprint density at radius 2 is 1.96 bits per heavy atom. The summed E-state index contributed by atoms with van der Waals surface area (Å²) in [5.41, 5.74) is 0.691. The summed E-state index contributed by atoms with van der Waals surface area (Å²) in [6.07, 6.45) is 1.33. The number of aliphatic hydroxyl groups excluding tert-OH is 1. The molecule has 134 valence electrons. The summed E-state index contributed by atoms with van der Waals surface area (Å²) >= 11 is 0. The lowest BCUT2D eigenvalue weighted by Crippen LogP contribution is -2.41. The molecular formula is C19H29NO4. The Morgan fingerprint density at radius 1 is 1.29 bits per heavy atom. The van der Waals surface area contributed by atoms with Gasteiger partial charge in [-0.2, -0.15) is 0 Å². The molecule has 0 bridgehead atoms. The zero-order valence-corrected chi connectivity index (χ0v) is 15.1. The van der Waals surface area contributed by atoms with Gasteiger partial charge in [0.05, 0.1) is 19.3 Å². The number of aliphatic hydroxyl groups is 1. The number of benzene rings is 1. The van der Waals surface area contributed by atoms with E-state index in [1.807, 2.05) is 39.8 Å². The molecule has 1 N–H and O–H groups in total. The van der Waals surface area contributed by atoms with Crippen molar-refractivity contribution in [1.29, 1.82) is 0 Å². The third-order valence-corrected chi connectivity index (χ3v) is 4.10. The van der Waals surface area contributed by atoms with Crippen molar-refractivity contribution in [3.63, 3.8) is 0 Å². The number of nitrogens with zero attached hydrogens (tertiary/aromatic N) is 1. The van der Waals surface area contributed by atoms with E-state index in [1.165, 1.54) is 5.56 Å². The molecule has 1 fully saturated rings. The number of carbonyl (C=O) groups excluding carboxylic acids is 1. The minimum Gasteiger partial charge on any atom is -0.494 e. The molecule has 2 rings (SSSR count). The first-order chi connectivity index (χ1) is 11.3. The number of ether oxygens (including phenoxy) is 2. The molecule has 1 amide bonds. The van der Waals surface area contributed by atoms with Crippen LogP contribution in [0.1, 0.15) is 39.7 Å². The van der Waals surface area contributed by atoms with Crippen molar-refractivity contribution in [2.45, 2.75) is 52.2 Å². The maximum Gasteiger partial charge on any atom is 0.410 e. The van der Waals surface area contributed by atoms with Crippen molar-refractivity contribution < 1.29 is 19.4 Å². The highest BCUT2D eigenvalue weighted by Crippen LogP contribution is 2.28. The van der Waals surface area contributed by atoms with Gasteiger partial charge in [-0.1, -0.05) is 12.1 Å². The van der Waals surface area contributed by atoms with E-state index in [0.717, 1.165) is 18.6 Å². The summed E-state index contributed by atoms with van der Waals surface area (Å²) in [7, 11) is 0. The predicted molar refractivity (Wildman–Crippen MR) is 93.2 cm³/mol. The normalized spacial score (nSPS) is 21.0. The van der Waals surface area contributed by atoms with Gasteiger partial charge >= 0.3 is 6.09 Å². The number of carbonyl (C=O) groups is 1. The molecule has 1 heterocycles. The molecule has 1 aliphatic heterocycles. The maximum absolute atomic E-state index is 12.3. The number of hydrogen-bond donors (Lipinski definition) is 1. The summed E-state index contributed by atoms with van der Waals surface area (Å²) in [5, 5.41) is 9.60. The van der Waals surface area contributed by atoms with Crippen LogP contribution in [0.4, 0.5) is 4.79 Å². The summed E-state index contributed by atoms with van der Waals surface area (Å²) < 4.78 is 10.9. The van der Waals surface area contributed by atoms with E-state index in [4.69, 9.17) is 9.47 Å². The molecule has 1 aromatic carbocycles. The van der Waals surface area contributed by atoms with Crippen LogP contribution in [0.25, 0.3) is 0 Å². The molecule has 1 saturated heterocycles. The van der Waals surface area contributed by atoms with E-state index in [1.54, 1.807) is 4.90 Å². The standard InChI is InChI=1S/C19H29NO4/c1-5-23-17-8-6-14(7-9-17)10-15-11-16(13-21)20(12-15)18(22)24-19(2,3)4/h6-9,15-16,21H,5,10-13H2,1-4H3/t15-,16+/m1/s1. The lowest BCUT2D eigenvalue weighted by molar-refractivity contribution is 0.0172.